The number of thioether (sulfide) groups is 1. The maximum Gasteiger partial charge on any atom is 0.137 e. The van der Waals surface area contributed by atoms with Crippen molar-refractivity contribution in [3.63, 3.8) is 0 Å². The Morgan fingerprint density at radius 3 is 2.60 bits per heavy atom. The van der Waals surface area contributed by atoms with Crippen LogP contribution in [0.2, 0.25) is 0 Å². The third-order valence-electron chi connectivity index (χ3n) is 4.01. The minimum atomic E-state index is -0.276. The van der Waals surface area contributed by atoms with E-state index in [1.54, 1.807) is 12.3 Å². The van der Waals surface area contributed by atoms with Crippen LogP contribution in [0.4, 0.5) is 4.39 Å². The molecule has 0 radical (unpaired) electrons. The Labute approximate surface area is 154 Å². The van der Waals surface area contributed by atoms with Crippen LogP contribution in [0.5, 0.6) is 0 Å². The Balaban J connectivity index is 0.00000151. The fourth-order valence-corrected chi connectivity index (χ4v) is 3.88. The maximum atomic E-state index is 14.4. The smallest absolute Gasteiger partial charge is 0.137 e. The van der Waals surface area contributed by atoms with Gasteiger partial charge in [-0.2, -0.15) is 0 Å². The fourth-order valence-electron chi connectivity index (χ4n) is 2.67. The third kappa shape index (κ3) is 6.06. The summed E-state index contributed by atoms with van der Waals surface area (Å²) in [6.07, 6.45) is 3.77. The summed E-state index contributed by atoms with van der Waals surface area (Å²) < 4.78 is 14.4. The van der Waals surface area contributed by atoms with Crippen molar-refractivity contribution in [2.75, 3.05) is 20.1 Å². The number of hydrogen-bond acceptors (Lipinski definition) is 5. The van der Waals surface area contributed by atoms with Crippen molar-refractivity contribution >= 4 is 24.2 Å². The zero-order chi connectivity index (χ0) is 18.8. The second-order valence-electron chi connectivity index (χ2n) is 6.03. The Bertz CT molecular complexity index is 607. The molecule has 0 saturated carbocycles. The molecule has 0 atom stereocenters. The average molecular weight is 365 g/mol. The zero-order valence-electron chi connectivity index (χ0n) is 15.3. The summed E-state index contributed by atoms with van der Waals surface area (Å²) in [4.78, 5) is 5.48. The van der Waals surface area contributed by atoms with Crippen molar-refractivity contribution in [1.29, 1.82) is 5.41 Å². The molecule has 0 aliphatic carbocycles. The Kier molecular flexibility index (Phi) is 9.63. The van der Waals surface area contributed by atoms with Gasteiger partial charge in [0.15, 0.2) is 0 Å². The highest BCUT2D eigenvalue weighted by atomic mass is 32.2. The molecular weight excluding hydrogens is 335 g/mol. The molecule has 4 N–H and O–H groups in total. The molecule has 1 aliphatic heterocycles. The Morgan fingerprint density at radius 1 is 1.40 bits per heavy atom. The summed E-state index contributed by atoms with van der Waals surface area (Å²) in [7, 11) is 1.50. The standard InChI is InChI=1S/C18H24FN3S.CH5N/c1-12(2)17(20)14-5-4-6-15(19)18(14)23-16(11-21-3)13-7-9-22-10-8-13;1-2/h4-6,11-13,20,22H,3,7-10H2,1-2H3;2H2,1H3/b16-11-,20-17?;. The van der Waals surface area contributed by atoms with E-state index >= 15 is 0 Å². The van der Waals surface area contributed by atoms with Gasteiger partial charge >= 0.3 is 0 Å². The quantitative estimate of drug-likeness (QED) is 0.526. The number of halogens is 1. The van der Waals surface area contributed by atoms with Gasteiger partial charge in [-0.25, -0.2) is 4.39 Å². The number of hydrogen-bond donors (Lipinski definition) is 3. The highest BCUT2D eigenvalue weighted by Gasteiger charge is 2.22. The Morgan fingerprint density at radius 2 is 2.04 bits per heavy atom. The van der Waals surface area contributed by atoms with Crippen LogP contribution in [-0.2, 0) is 0 Å². The van der Waals surface area contributed by atoms with E-state index in [2.05, 4.69) is 22.8 Å². The van der Waals surface area contributed by atoms with Crippen molar-refractivity contribution in [3.8, 4) is 0 Å². The molecule has 0 bridgehead atoms. The lowest BCUT2D eigenvalue weighted by atomic mass is 9.98. The van der Waals surface area contributed by atoms with Crippen LogP contribution < -0.4 is 11.1 Å². The summed E-state index contributed by atoms with van der Waals surface area (Å²) in [6.45, 7) is 9.39. The van der Waals surface area contributed by atoms with E-state index in [1.165, 1.54) is 24.9 Å². The summed E-state index contributed by atoms with van der Waals surface area (Å²) in [5.41, 5.74) is 5.64. The molecule has 138 valence electrons. The number of nitrogens with zero attached hydrogens (tertiary/aromatic N) is 1. The highest BCUT2D eigenvalue weighted by Crippen LogP contribution is 2.39. The molecule has 6 heteroatoms. The van der Waals surface area contributed by atoms with E-state index in [-0.39, 0.29) is 11.7 Å². The second kappa shape index (κ2) is 11.2. The van der Waals surface area contributed by atoms with Crippen molar-refractivity contribution in [3.05, 3.63) is 40.7 Å². The lowest BCUT2D eigenvalue weighted by molar-refractivity contribution is 0.431. The van der Waals surface area contributed by atoms with Crippen molar-refractivity contribution in [2.45, 2.75) is 31.6 Å². The first-order valence-corrected chi connectivity index (χ1v) is 9.35. The zero-order valence-corrected chi connectivity index (χ0v) is 16.1. The van der Waals surface area contributed by atoms with E-state index in [1.807, 2.05) is 19.9 Å². The van der Waals surface area contributed by atoms with Gasteiger partial charge in [-0.1, -0.05) is 37.7 Å². The van der Waals surface area contributed by atoms with Crippen LogP contribution >= 0.6 is 11.8 Å². The van der Waals surface area contributed by atoms with E-state index in [9.17, 15) is 4.39 Å². The van der Waals surface area contributed by atoms with Crippen molar-refractivity contribution in [1.82, 2.24) is 5.32 Å². The van der Waals surface area contributed by atoms with Gasteiger partial charge in [-0.15, -0.1) is 0 Å². The van der Waals surface area contributed by atoms with Gasteiger partial charge in [-0.3, -0.25) is 4.99 Å². The molecule has 1 aromatic rings. The predicted molar refractivity (Wildman–Crippen MR) is 107 cm³/mol. The normalized spacial score (nSPS) is 15.5. The molecule has 1 aliphatic rings. The molecule has 1 heterocycles. The van der Waals surface area contributed by atoms with Crippen LogP contribution in [0.15, 0.2) is 39.2 Å². The minimum Gasteiger partial charge on any atom is -0.333 e. The Hall–Kier alpha value is -1.50. The number of aliphatic imine (C=N–C) groups is 1. The average Bonchev–Trinajstić information content (AvgIpc) is 2.64. The number of allylic oxidation sites excluding steroid dienone is 1. The molecule has 0 aromatic heterocycles. The molecule has 0 amide bonds. The molecule has 4 nitrogen and oxygen atoms in total. The van der Waals surface area contributed by atoms with Crippen LogP contribution in [0.3, 0.4) is 0 Å². The highest BCUT2D eigenvalue weighted by molar-refractivity contribution is 8.03. The number of nitrogens with one attached hydrogen (secondary N) is 2. The van der Waals surface area contributed by atoms with Crippen LogP contribution in [0.25, 0.3) is 0 Å². The summed E-state index contributed by atoms with van der Waals surface area (Å²) in [5.74, 6) is 0.147. The lowest BCUT2D eigenvalue weighted by Crippen LogP contribution is -2.28. The molecule has 2 rings (SSSR count). The van der Waals surface area contributed by atoms with Gasteiger partial charge in [0.05, 0.1) is 4.90 Å². The minimum absolute atomic E-state index is 0.0555. The third-order valence-corrected chi connectivity index (χ3v) is 5.31. The number of benzene rings is 1. The van der Waals surface area contributed by atoms with Gasteiger partial charge in [0.1, 0.15) is 5.82 Å². The maximum absolute atomic E-state index is 14.4. The number of nitrogens with two attached hydrogens (primary N) is 1. The van der Waals surface area contributed by atoms with E-state index < -0.39 is 0 Å². The van der Waals surface area contributed by atoms with Gasteiger partial charge in [0.25, 0.3) is 0 Å². The van der Waals surface area contributed by atoms with Crippen LogP contribution in [0, 0.1) is 23.1 Å². The molecule has 0 unspecified atom stereocenters. The van der Waals surface area contributed by atoms with Gasteiger partial charge in [0.2, 0.25) is 0 Å². The molecular formula is C19H29FN4S. The molecule has 0 spiro atoms. The monoisotopic (exact) mass is 364 g/mol. The molecule has 1 aromatic carbocycles. The van der Waals surface area contributed by atoms with E-state index in [4.69, 9.17) is 5.41 Å². The first kappa shape index (κ1) is 21.5. The van der Waals surface area contributed by atoms with E-state index in [0.29, 0.717) is 22.1 Å². The SMILES string of the molecule is C=N/C=C(\Sc1c(F)cccc1C(=N)C(C)C)C1CCNCC1.CN. The first-order chi connectivity index (χ1) is 12.0. The van der Waals surface area contributed by atoms with Crippen LogP contribution in [0.1, 0.15) is 32.3 Å². The first-order valence-electron chi connectivity index (χ1n) is 8.54. The lowest BCUT2D eigenvalue weighted by Gasteiger charge is -2.25. The van der Waals surface area contributed by atoms with Gasteiger partial charge in [0, 0.05) is 22.4 Å². The molecule has 1 saturated heterocycles. The number of piperidine rings is 1. The van der Waals surface area contributed by atoms with Crippen LogP contribution in [-0.4, -0.2) is 32.6 Å². The fraction of sp³-hybridized carbons (Fsp3) is 0.474. The number of rotatable bonds is 6. The summed E-state index contributed by atoms with van der Waals surface area (Å²) >= 11 is 1.40. The topological polar surface area (TPSA) is 74.3 Å². The van der Waals surface area contributed by atoms with Gasteiger partial charge in [-0.05, 0) is 57.6 Å². The summed E-state index contributed by atoms with van der Waals surface area (Å²) in [6, 6.07) is 4.96. The van der Waals surface area contributed by atoms with Crippen molar-refractivity contribution < 1.29 is 4.39 Å². The predicted octanol–water partition coefficient (Wildman–Crippen LogP) is 4.06. The van der Waals surface area contributed by atoms with Gasteiger partial charge < -0.3 is 16.5 Å². The van der Waals surface area contributed by atoms with E-state index in [0.717, 1.165) is 30.8 Å². The second-order valence-corrected chi connectivity index (χ2v) is 7.11. The summed E-state index contributed by atoms with van der Waals surface area (Å²) in [5, 5.41) is 11.6. The molecule has 1 fully saturated rings. The largest absolute Gasteiger partial charge is 0.333 e. The van der Waals surface area contributed by atoms with Crippen molar-refractivity contribution in [2.24, 2.45) is 22.6 Å². The molecule has 25 heavy (non-hydrogen) atoms.